The van der Waals surface area contributed by atoms with E-state index < -0.39 is 62.5 Å². The Morgan fingerprint density at radius 2 is 1.32 bits per heavy atom. The molecule has 25 heavy (non-hydrogen) atoms. The van der Waals surface area contributed by atoms with Crippen LogP contribution in [0.2, 0.25) is 0 Å². The first kappa shape index (κ1) is 23.0. The van der Waals surface area contributed by atoms with Gasteiger partial charge in [0.1, 0.15) is 30.3 Å². The predicted molar refractivity (Wildman–Crippen MR) is 85.7 cm³/mol. The minimum Gasteiger partial charge on any atom is -0.461 e. The second-order valence-corrected chi connectivity index (χ2v) is 7.87. The summed E-state index contributed by atoms with van der Waals surface area (Å²) in [7, 11) is -5.37. The van der Waals surface area contributed by atoms with Crippen LogP contribution in [0.25, 0.3) is 0 Å². The Labute approximate surface area is 145 Å². The quantitative estimate of drug-likeness (QED) is 0.113. The fraction of sp³-hybridized carbons (Fsp3) is 0.500. The Morgan fingerprint density at radius 3 is 1.64 bits per heavy atom. The van der Waals surface area contributed by atoms with Crippen molar-refractivity contribution in [1.82, 2.24) is 4.90 Å². The van der Waals surface area contributed by atoms with Gasteiger partial charge in [-0.05, 0) is 18.4 Å². The van der Waals surface area contributed by atoms with Crippen molar-refractivity contribution in [3.05, 3.63) is 23.9 Å². The van der Waals surface area contributed by atoms with Crippen molar-refractivity contribution >= 4 is 32.2 Å². The van der Waals surface area contributed by atoms with E-state index in [0.29, 0.717) is 0 Å². The lowest BCUT2D eigenvalue weighted by atomic mass is 10.2. The third-order valence-corrected chi connectivity index (χ3v) is 3.60. The molecule has 0 fully saturated rings. The molecule has 0 aromatic rings. The van der Waals surface area contributed by atoms with Crippen LogP contribution in [-0.2, 0) is 39.3 Å². The molecule has 11 nitrogen and oxygen atoms in total. The molecule has 0 rings (SSSR count). The summed E-state index contributed by atoms with van der Waals surface area (Å²) in [4.78, 5) is 25.2. The Balaban J connectivity index is 5.02. The van der Waals surface area contributed by atoms with Gasteiger partial charge in [-0.1, -0.05) is 0 Å². The van der Waals surface area contributed by atoms with E-state index in [-0.39, 0.29) is 0 Å². The van der Waals surface area contributed by atoms with Crippen molar-refractivity contribution in [2.45, 2.75) is 0 Å². The highest BCUT2D eigenvalue weighted by Crippen LogP contribution is 2.04. The van der Waals surface area contributed by atoms with Gasteiger partial charge in [0.2, 0.25) is 0 Å². The molecule has 0 saturated carbocycles. The Hall–Kier alpha value is -1.96. The number of hydrogen-bond acceptors (Lipinski definition) is 9. The van der Waals surface area contributed by atoms with E-state index in [1.807, 2.05) is 0 Å². The van der Waals surface area contributed by atoms with E-state index >= 15 is 0 Å². The van der Waals surface area contributed by atoms with Crippen LogP contribution in [-0.4, -0.2) is 81.6 Å². The van der Waals surface area contributed by atoms with E-state index in [1.165, 1.54) is 12.3 Å². The van der Waals surface area contributed by atoms with Gasteiger partial charge in [0.05, 0.1) is 0 Å². The van der Waals surface area contributed by atoms with Crippen LogP contribution in [0, 0.1) is 0 Å². The summed E-state index contributed by atoms with van der Waals surface area (Å²) < 4.78 is 68.4. The highest BCUT2D eigenvalue weighted by Gasteiger charge is 2.22. The average Bonchev–Trinajstić information content (AvgIpc) is 2.40. The van der Waals surface area contributed by atoms with Gasteiger partial charge in [-0.25, -0.2) is 9.59 Å². The van der Waals surface area contributed by atoms with E-state index in [1.54, 1.807) is 19.0 Å². The third-order valence-electron chi connectivity index (χ3n) is 2.24. The lowest BCUT2D eigenvalue weighted by Crippen LogP contribution is -2.23. The normalized spacial score (nSPS) is 11.8. The Kier molecular flexibility index (Phi) is 9.33. The summed E-state index contributed by atoms with van der Waals surface area (Å²) in [6, 6.07) is 0. The maximum atomic E-state index is 11.8. The van der Waals surface area contributed by atoms with Crippen LogP contribution in [0.5, 0.6) is 0 Å². The summed E-state index contributed by atoms with van der Waals surface area (Å²) in [5, 5.41) is 0. The first-order valence-corrected chi connectivity index (χ1v) is 9.83. The molecule has 0 radical (unpaired) electrons. The van der Waals surface area contributed by atoms with Crippen molar-refractivity contribution in [1.29, 1.82) is 0 Å². The third kappa shape index (κ3) is 13.1. The maximum absolute atomic E-state index is 11.8. The van der Waals surface area contributed by atoms with Gasteiger partial charge in [0.15, 0.2) is 0 Å². The molecule has 0 atom stereocenters. The molecule has 2 N–H and O–H groups in total. The van der Waals surface area contributed by atoms with Gasteiger partial charge in [-0.15, -0.1) is 0 Å². The largest absolute Gasteiger partial charge is 0.461 e. The fourth-order valence-electron chi connectivity index (χ4n) is 1.17. The molecule has 13 heteroatoms. The van der Waals surface area contributed by atoms with Crippen LogP contribution in [0.1, 0.15) is 0 Å². The predicted octanol–water partition coefficient (Wildman–Crippen LogP) is -1.15. The standard InChI is InChI=1S/C12H19NO10S2/c1-13(2)5-3-4-10(11(14)22-6-8-24(16,17)18)12(15)23-7-9-25(19,20)21/h3-5H,6-9H2,1-2H3,(H,16,17,18)(H,19,20,21). The number of carbonyl (C=O) groups excluding carboxylic acids is 2. The summed E-state index contributed by atoms with van der Waals surface area (Å²) in [6.45, 7) is -1.41. The molecule has 0 aliphatic carbocycles. The molecule has 0 bridgehead atoms. The van der Waals surface area contributed by atoms with Crippen LogP contribution in [0.15, 0.2) is 23.9 Å². The van der Waals surface area contributed by atoms with Gasteiger partial charge >= 0.3 is 11.9 Å². The number of ether oxygens (including phenoxy) is 2. The van der Waals surface area contributed by atoms with Gasteiger partial charge in [0, 0.05) is 14.1 Å². The van der Waals surface area contributed by atoms with Crippen molar-refractivity contribution < 1.29 is 45.0 Å². The van der Waals surface area contributed by atoms with Crippen LogP contribution < -0.4 is 0 Å². The second kappa shape index (κ2) is 10.1. The number of hydrogen-bond donors (Lipinski definition) is 2. The maximum Gasteiger partial charge on any atom is 0.345 e. The van der Waals surface area contributed by atoms with Crippen LogP contribution in [0.4, 0.5) is 0 Å². The molecule has 0 aromatic heterocycles. The van der Waals surface area contributed by atoms with E-state index in [4.69, 9.17) is 9.11 Å². The molecule has 144 valence electrons. The number of allylic oxidation sites excluding steroid dienone is 2. The Morgan fingerprint density at radius 1 is 0.920 bits per heavy atom. The molecule has 0 amide bonds. The van der Waals surface area contributed by atoms with Crippen molar-refractivity contribution in [2.24, 2.45) is 0 Å². The number of nitrogens with zero attached hydrogens (tertiary/aromatic N) is 1. The second-order valence-electron chi connectivity index (χ2n) is 4.73. The summed E-state index contributed by atoms with van der Waals surface area (Å²) in [6.07, 6.45) is 3.78. The number of rotatable bonds is 10. The molecular weight excluding hydrogens is 382 g/mol. The van der Waals surface area contributed by atoms with Gasteiger partial charge < -0.3 is 14.4 Å². The highest BCUT2D eigenvalue weighted by molar-refractivity contribution is 7.86. The smallest absolute Gasteiger partial charge is 0.345 e. The topological polar surface area (TPSA) is 165 Å². The van der Waals surface area contributed by atoms with Gasteiger partial charge in [-0.2, -0.15) is 16.8 Å². The highest BCUT2D eigenvalue weighted by atomic mass is 32.2. The number of carbonyl (C=O) groups is 2. The zero-order valence-electron chi connectivity index (χ0n) is 13.5. The van der Waals surface area contributed by atoms with Crippen LogP contribution >= 0.6 is 0 Å². The first-order chi connectivity index (χ1) is 11.3. The monoisotopic (exact) mass is 401 g/mol. The minimum atomic E-state index is -4.35. The molecule has 0 saturated heterocycles. The molecule has 0 aliphatic heterocycles. The minimum absolute atomic E-state index is 0.635. The Bertz CT molecular complexity index is 682. The van der Waals surface area contributed by atoms with E-state index in [0.717, 1.165) is 6.08 Å². The average molecular weight is 401 g/mol. The molecule has 0 heterocycles. The molecule has 0 spiro atoms. The summed E-state index contributed by atoms with van der Waals surface area (Å²) >= 11 is 0. The van der Waals surface area contributed by atoms with E-state index in [9.17, 15) is 26.4 Å². The van der Waals surface area contributed by atoms with Crippen molar-refractivity contribution in [2.75, 3.05) is 38.8 Å². The van der Waals surface area contributed by atoms with Crippen LogP contribution in [0.3, 0.4) is 0 Å². The summed E-state index contributed by atoms with van der Waals surface area (Å²) in [5.74, 6) is -4.19. The zero-order valence-corrected chi connectivity index (χ0v) is 15.1. The van der Waals surface area contributed by atoms with Gasteiger partial charge in [-0.3, -0.25) is 9.11 Å². The number of esters is 2. The molecular formula is C12H19NO10S2. The van der Waals surface area contributed by atoms with Gasteiger partial charge in [0.25, 0.3) is 20.2 Å². The zero-order chi connectivity index (χ0) is 19.7. The fourth-order valence-corrected chi connectivity index (χ4v) is 1.75. The van der Waals surface area contributed by atoms with Crippen molar-refractivity contribution in [3.8, 4) is 0 Å². The lowest BCUT2D eigenvalue weighted by Gasteiger charge is -2.08. The molecule has 0 unspecified atom stereocenters. The van der Waals surface area contributed by atoms with Crippen molar-refractivity contribution in [3.63, 3.8) is 0 Å². The SMILES string of the molecule is CN(C)C=CC=C(C(=O)OCCS(=O)(=O)O)C(=O)OCCS(=O)(=O)O. The molecule has 0 aromatic carbocycles. The lowest BCUT2D eigenvalue weighted by molar-refractivity contribution is -0.146. The summed E-state index contributed by atoms with van der Waals surface area (Å²) in [5.41, 5.74) is -0.635. The first-order valence-electron chi connectivity index (χ1n) is 6.61. The van der Waals surface area contributed by atoms with E-state index in [2.05, 4.69) is 9.47 Å². The molecule has 0 aliphatic rings.